The zero-order valence-corrected chi connectivity index (χ0v) is 19.6. The third-order valence-corrected chi connectivity index (χ3v) is 6.48. The number of esters is 1. The molecule has 0 saturated carbocycles. The molecule has 0 aliphatic carbocycles. The van der Waals surface area contributed by atoms with Crippen molar-refractivity contribution in [3.63, 3.8) is 0 Å². The molecule has 2 aromatic carbocycles. The summed E-state index contributed by atoms with van der Waals surface area (Å²) in [5.41, 5.74) is 2.39. The standard InChI is InChI=1S/C27H38N2O3/c1-3-32-26(30)18-8-5-11-19-27(23-14-6-4-7-15-23)25(17-12-20-29-27)28-21-22-13-9-10-16-24(22)31-2/h4,6-7,9-10,13-16,25,28-29H,3,5,8,11-12,17-21H2,1-2H3/t25-,27-/m0/s1. The third kappa shape index (κ3) is 6.33. The molecule has 32 heavy (non-hydrogen) atoms. The number of piperidine rings is 1. The fourth-order valence-electron chi connectivity index (χ4n) is 4.87. The molecule has 0 amide bonds. The van der Waals surface area contributed by atoms with Crippen LogP contribution in [0.15, 0.2) is 54.6 Å². The topological polar surface area (TPSA) is 59.6 Å². The number of hydrogen-bond acceptors (Lipinski definition) is 5. The highest BCUT2D eigenvalue weighted by atomic mass is 16.5. The summed E-state index contributed by atoms with van der Waals surface area (Å²) in [6.07, 6.45) is 6.78. The van der Waals surface area contributed by atoms with E-state index in [1.165, 1.54) is 11.1 Å². The SMILES string of the molecule is CCOC(=O)CCCCC[C@@]1(c2ccccc2)NCCC[C@@H]1NCc1ccccc1OC. The minimum atomic E-state index is -0.120. The number of carbonyl (C=O) groups is 1. The normalized spacial score (nSPS) is 20.6. The fourth-order valence-corrected chi connectivity index (χ4v) is 4.87. The smallest absolute Gasteiger partial charge is 0.305 e. The summed E-state index contributed by atoms with van der Waals surface area (Å²) in [6, 6.07) is 19.4. The number of ether oxygens (including phenoxy) is 2. The molecule has 0 spiro atoms. The molecule has 0 aromatic heterocycles. The van der Waals surface area contributed by atoms with E-state index in [0.717, 1.165) is 57.4 Å². The van der Waals surface area contributed by atoms with Crippen LogP contribution in [0.2, 0.25) is 0 Å². The first-order chi connectivity index (χ1) is 15.7. The lowest BCUT2D eigenvalue weighted by Crippen LogP contribution is -2.60. The number of hydrogen-bond donors (Lipinski definition) is 2. The molecule has 1 saturated heterocycles. The average Bonchev–Trinajstić information content (AvgIpc) is 2.84. The predicted octanol–water partition coefficient (Wildman–Crippen LogP) is 4.95. The van der Waals surface area contributed by atoms with Crippen molar-refractivity contribution in [3.05, 3.63) is 65.7 Å². The first-order valence-electron chi connectivity index (χ1n) is 12.0. The van der Waals surface area contributed by atoms with Crippen LogP contribution in [0, 0.1) is 0 Å². The predicted molar refractivity (Wildman–Crippen MR) is 129 cm³/mol. The van der Waals surface area contributed by atoms with Gasteiger partial charge >= 0.3 is 5.97 Å². The molecule has 3 rings (SSSR count). The monoisotopic (exact) mass is 438 g/mol. The van der Waals surface area contributed by atoms with E-state index < -0.39 is 0 Å². The molecule has 1 aliphatic heterocycles. The second-order valence-electron chi connectivity index (χ2n) is 8.52. The Hall–Kier alpha value is -2.37. The number of carbonyl (C=O) groups excluding carboxylic acids is 1. The number of unbranched alkanes of at least 4 members (excludes halogenated alkanes) is 2. The number of methoxy groups -OCH3 is 1. The molecule has 1 heterocycles. The molecule has 0 radical (unpaired) electrons. The Morgan fingerprint density at radius 1 is 1.09 bits per heavy atom. The second kappa shape index (κ2) is 12.6. The summed E-state index contributed by atoms with van der Waals surface area (Å²) in [5.74, 6) is 0.838. The molecule has 0 unspecified atom stereocenters. The summed E-state index contributed by atoms with van der Waals surface area (Å²) in [4.78, 5) is 11.7. The summed E-state index contributed by atoms with van der Waals surface area (Å²) >= 11 is 0. The lowest BCUT2D eigenvalue weighted by Gasteiger charge is -2.46. The van der Waals surface area contributed by atoms with E-state index in [1.807, 2.05) is 19.1 Å². The molecule has 2 N–H and O–H groups in total. The van der Waals surface area contributed by atoms with Gasteiger partial charge in [0.2, 0.25) is 0 Å². The molecule has 2 aromatic rings. The third-order valence-electron chi connectivity index (χ3n) is 6.48. The first-order valence-corrected chi connectivity index (χ1v) is 12.0. The Balaban J connectivity index is 1.70. The Morgan fingerprint density at radius 3 is 2.66 bits per heavy atom. The van der Waals surface area contributed by atoms with E-state index in [0.29, 0.717) is 19.1 Å². The van der Waals surface area contributed by atoms with Gasteiger partial charge in [-0.05, 0) is 50.8 Å². The lowest BCUT2D eigenvalue weighted by molar-refractivity contribution is -0.143. The van der Waals surface area contributed by atoms with Crippen LogP contribution in [0.5, 0.6) is 5.75 Å². The van der Waals surface area contributed by atoms with Crippen molar-refractivity contribution in [2.24, 2.45) is 0 Å². The lowest BCUT2D eigenvalue weighted by atomic mass is 9.74. The zero-order chi connectivity index (χ0) is 22.7. The molecular formula is C27H38N2O3. The number of benzene rings is 2. The highest BCUT2D eigenvalue weighted by molar-refractivity contribution is 5.69. The van der Waals surface area contributed by atoms with Crippen molar-refractivity contribution in [1.29, 1.82) is 0 Å². The van der Waals surface area contributed by atoms with Crippen molar-refractivity contribution in [2.45, 2.75) is 70.0 Å². The van der Waals surface area contributed by atoms with Crippen LogP contribution in [0.25, 0.3) is 0 Å². The molecule has 0 bridgehead atoms. The summed E-state index contributed by atoms with van der Waals surface area (Å²) < 4.78 is 10.6. The van der Waals surface area contributed by atoms with E-state index in [2.05, 4.69) is 53.1 Å². The van der Waals surface area contributed by atoms with E-state index in [4.69, 9.17) is 9.47 Å². The molecule has 5 nitrogen and oxygen atoms in total. The Labute approximate surface area is 192 Å². The van der Waals surface area contributed by atoms with Crippen LogP contribution < -0.4 is 15.4 Å². The minimum absolute atomic E-state index is 0.0857. The molecule has 2 atom stereocenters. The summed E-state index contributed by atoms with van der Waals surface area (Å²) in [5, 5.41) is 7.76. The van der Waals surface area contributed by atoms with Crippen molar-refractivity contribution in [3.8, 4) is 5.75 Å². The second-order valence-corrected chi connectivity index (χ2v) is 8.52. The maximum Gasteiger partial charge on any atom is 0.305 e. The number of nitrogens with one attached hydrogen (secondary N) is 2. The van der Waals surface area contributed by atoms with E-state index >= 15 is 0 Å². The van der Waals surface area contributed by atoms with Crippen LogP contribution in [-0.2, 0) is 21.6 Å². The van der Waals surface area contributed by atoms with Crippen molar-refractivity contribution in [2.75, 3.05) is 20.3 Å². The highest BCUT2D eigenvalue weighted by Gasteiger charge is 2.41. The number of rotatable bonds is 12. The quantitative estimate of drug-likeness (QED) is 0.363. The maximum absolute atomic E-state index is 11.7. The first kappa shape index (κ1) is 24.3. The Morgan fingerprint density at radius 2 is 1.88 bits per heavy atom. The van der Waals surface area contributed by atoms with Crippen LogP contribution in [0.4, 0.5) is 0 Å². The van der Waals surface area contributed by atoms with Crippen LogP contribution >= 0.6 is 0 Å². The summed E-state index contributed by atoms with van der Waals surface area (Å²) in [7, 11) is 1.73. The fraction of sp³-hybridized carbons (Fsp3) is 0.519. The molecule has 174 valence electrons. The van der Waals surface area contributed by atoms with E-state index in [9.17, 15) is 4.79 Å². The average molecular weight is 439 g/mol. The van der Waals surface area contributed by atoms with Gasteiger partial charge in [-0.2, -0.15) is 0 Å². The highest BCUT2D eigenvalue weighted by Crippen LogP contribution is 2.36. The Bertz CT molecular complexity index is 827. The van der Waals surface area contributed by atoms with Crippen molar-refractivity contribution in [1.82, 2.24) is 10.6 Å². The van der Waals surface area contributed by atoms with Crippen molar-refractivity contribution < 1.29 is 14.3 Å². The van der Waals surface area contributed by atoms with Crippen LogP contribution in [0.1, 0.15) is 63.0 Å². The van der Waals surface area contributed by atoms with Gasteiger partial charge in [-0.25, -0.2) is 0 Å². The Kier molecular flexibility index (Phi) is 9.57. The molecule has 5 heteroatoms. The molecular weight excluding hydrogens is 400 g/mol. The zero-order valence-electron chi connectivity index (χ0n) is 19.6. The van der Waals surface area contributed by atoms with E-state index in [-0.39, 0.29) is 11.5 Å². The van der Waals surface area contributed by atoms with E-state index in [1.54, 1.807) is 7.11 Å². The molecule has 1 fully saturated rings. The number of para-hydroxylation sites is 1. The van der Waals surface area contributed by atoms with Gasteiger partial charge in [0.05, 0.1) is 19.3 Å². The van der Waals surface area contributed by atoms with Crippen molar-refractivity contribution >= 4 is 5.97 Å². The van der Waals surface area contributed by atoms with Gasteiger partial charge in [-0.3, -0.25) is 4.79 Å². The van der Waals surface area contributed by atoms with Gasteiger partial charge in [-0.1, -0.05) is 61.4 Å². The van der Waals surface area contributed by atoms with Gasteiger partial charge < -0.3 is 20.1 Å². The minimum Gasteiger partial charge on any atom is -0.496 e. The van der Waals surface area contributed by atoms with Gasteiger partial charge in [0.15, 0.2) is 0 Å². The summed E-state index contributed by atoms with van der Waals surface area (Å²) in [6.45, 7) is 4.10. The maximum atomic E-state index is 11.7. The molecule has 1 aliphatic rings. The van der Waals surface area contributed by atoms with Gasteiger partial charge in [0, 0.05) is 24.6 Å². The largest absolute Gasteiger partial charge is 0.496 e. The van der Waals surface area contributed by atoms with Crippen LogP contribution in [0.3, 0.4) is 0 Å². The van der Waals surface area contributed by atoms with Gasteiger partial charge in [0.1, 0.15) is 5.75 Å². The van der Waals surface area contributed by atoms with Gasteiger partial charge in [0.25, 0.3) is 0 Å². The van der Waals surface area contributed by atoms with Crippen LogP contribution in [-0.4, -0.2) is 32.3 Å². The van der Waals surface area contributed by atoms with Gasteiger partial charge in [-0.15, -0.1) is 0 Å².